The van der Waals surface area contributed by atoms with E-state index in [1.54, 1.807) is 0 Å². The molecule has 2 aliphatic rings. The van der Waals surface area contributed by atoms with Gasteiger partial charge in [0.05, 0.1) is 10.5 Å². The summed E-state index contributed by atoms with van der Waals surface area (Å²) < 4.78 is 0. The zero-order valence-electron chi connectivity index (χ0n) is 11.9. The minimum atomic E-state index is -0.607. The van der Waals surface area contributed by atoms with Gasteiger partial charge in [0.15, 0.2) is 0 Å². The Morgan fingerprint density at radius 2 is 2.24 bits per heavy atom. The molecule has 0 radical (unpaired) electrons. The van der Waals surface area contributed by atoms with Crippen LogP contribution in [0.1, 0.15) is 32.1 Å². The van der Waals surface area contributed by atoms with E-state index in [9.17, 15) is 15.2 Å². The Morgan fingerprint density at radius 3 is 3.00 bits per heavy atom. The minimum absolute atomic E-state index is 0.0227. The second-order valence-corrected chi connectivity index (χ2v) is 6.08. The van der Waals surface area contributed by atoms with E-state index in [1.165, 1.54) is 12.1 Å². The third-order valence-electron chi connectivity index (χ3n) is 4.80. The summed E-state index contributed by atoms with van der Waals surface area (Å²) >= 11 is 0. The summed E-state index contributed by atoms with van der Waals surface area (Å²) in [4.78, 5) is 16.8. The highest BCUT2D eigenvalue weighted by molar-refractivity contribution is 5.61. The van der Waals surface area contributed by atoms with Gasteiger partial charge in [-0.15, -0.1) is 0 Å². The molecule has 2 heterocycles. The highest BCUT2D eigenvalue weighted by Gasteiger charge is 2.43. The SMILES string of the molecule is Nc1ccc([N+](=O)[O-])c(N2CCC3(O)CCCCC3C2)n1. The van der Waals surface area contributed by atoms with E-state index in [-0.39, 0.29) is 17.4 Å². The smallest absolute Gasteiger partial charge is 0.311 e. The number of nitrogen functional groups attached to an aromatic ring is 1. The molecule has 1 saturated heterocycles. The zero-order chi connectivity index (χ0) is 15.0. The first kappa shape index (κ1) is 14.1. The van der Waals surface area contributed by atoms with Crippen molar-refractivity contribution in [1.82, 2.24) is 4.98 Å². The predicted octanol–water partition coefficient (Wildman–Crippen LogP) is 1.70. The zero-order valence-corrected chi connectivity index (χ0v) is 11.9. The lowest BCUT2D eigenvalue weighted by Crippen LogP contribution is -2.53. The van der Waals surface area contributed by atoms with Gasteiger partial charge in [-0.1, -0.05) is 12.8 Å². The fourth-order valence-corrected chi connectivity index (χ4v) is 3.59. The van der Waals surface area contributed by atoms with Crippen molar-refractivity contribution in [3.63, 3.8) is 0 Å². The van der Waals surface area contributed by atoms with Gasteiger partial charge in [0.1, 0.15) is 5.82 Å². The van der Waals surface area contributed by atoms with Crippen molar-refractivity contribution in [2.24, 2.45) is 5.92 Å². The van der Waals surface area contributed by atoms with Crippen LogP contribution in [0.4, 0.5) is 17.3 Å². The van der Waals surface area contributed by atoms with Crippen LogP contribution in [-0.2, 0) is 0 Å². The first-order valence-corrected chi connectivity index (χ1v) is 7.38. The molecule has 2 fully saturated rings. The molecule has 0 aromatic carbocycles. The van der Waals surface area contributed by atoms with E-state index < -0.39 is 10.5 Å². The normalized spacial score (nSPS) is 29.0. The van der Waals surface area contributed by atoms with Gasteiger partial charge in [-0.2, -0.15) is 0 Å². The maximum atomic E-state index is 11.2. The summed E-state index contributed by atoms with van der Waals surface area (Å²) in [5.41, 5.74) is 5.05. The third kappa shape index (κ3) is 2.53. The molecule has 0 bridgehead atoms. The number of aromatic nitrogens is 1. The largest absolute Gasteiger partial charge is 0.389 e. The van der Waals surface area contributed by atoms with Crippen LogP contribution < -0.4 is 10.6 Å². The van der Waals surface area contributed by atoms with Crippen molar-refractivity contribution < 1.29 is 10.0 Å². The van der Waals surface area contributed by atoms with Crippen molar-refractivity contribution in [2.45, 2.75) is 37.7 Å². The Kier molecular flexibility index (Phi) is 3.44. The van der Waals surface area contributed by atoms with Crippen molar-refractivity contribution in [1.29, 1.82) is 0 Å². The molecule has 7 heteroatoms. The minimum Gasteiger partial charge on any atom is -0.389 e. The number of hydrogen-bond acceptors (Lipinski definition) is 6. The second-order valence-electron chi connectivity index (χ2n) is 6.08. The number of pyridine rings is 1. The lowest BCUT2D eigenvalue weighted by atomic mass is 9.71. The molecule has 2 atom stereocenters. The Hall–Kier alpha value is -1.89. The van der Waals surface area contributed by atoms with Crippen molar-refractivity contribution in [3.05, 3.63) is 22.2 Å². The molecule has 1 aromatic heterocycles. The van der Waals surface area contributed by atoms with Crippen LogP contribution in [-0.4, -0.2) is 33.7 Å². The Labute approximate surface area is 122 Å². The summed E-state index contributed by atoms with van der Waals surface area (Å²) in [5, 5.41) is 21.9. The first-order valence-electron chi connectivity index (χ1n) is 7.38. The number of nitro groups is 1. The molecular weight excluding hydrogens is 272 g/mol. The van der Waals surface area contributed by atoms with Crippen LogP contribution in [0.5, 0.6) is 0 Å². The Bertz CT molecular complexity index is 565. The van der Waals surface area contributed by atoms with Gasteiger partial charge in [0, 0.05) is 25.1 Å². The number of fused-ring (bicyclic) bond motifs is 1. The van der Waals surface area contributed by atoms with Gasteiger partial charge in [0.25, 0.3) is 0 Å². The number of nitrogens with two attached hydrogens (primary N) is 1. The van der Waals surface area contributed by atoms with E-state index in [0.717, 1.165) is 25.7 Å². The number of anilines is 2. The number of rotatable bonds is 2. The van der Waals surface area contributed by atoms with E-state index in [4.69, 9.17) is 5.73 Å². The monoisotopic (exact) mass is 292 g/mol. The lowest BCUT2D eigenvalue weighted by Gasteiger charge is -2.47. The average Bonchev–Trinajstić information content (AvgIpc) is 2.45. The van der Waals surface area contributed by atoms with Crippen molar-refractivity contribution in [2.75, 3.05) is 23.7 Å². The Balaban J connectivity index is 1.88. The molecular formula is C14H20N4O3. The molecule has 1 aliphatic carbocycles. The number of aliphatic hydroxyl groups is 1. The number of piperidine rings is 1. The van der Waals surface area contributed by atoms with Crippen LogP contribution in [0.15, 0.2) is 12.1 Å². The van der Waals surface area contributed by atoms with Gasteiger partial charge in [-0.3, -0.25) is 10.1 Å². The highest BCUT2D eigenvalue weighted by Crippen LogP contribution is 2.41. The molecule has 0 spiro atoms. The van der Waals surface area contributed by atoms with Crippen LogP contribution in [0.3, 0.4) is 0 Å². The van der Waals surface area contributed by atoms with Crippen LogP contribution in [0.25, 0.3) is 0 Å². The molecule has 7 nitrogen and oxygen atoms in total. The fraction of sp³-hybridized carbons (Fsp3) is 0.643. The second kappa shape index (κ2) is 5.14. The summed E-state index contributed by atoms with van der Waals surface area (Å²) in [5.74, 6) is 0.760. The number of hydrogen-bond donors (Lipinski definition) is 2. The summed E-state index contributed by atoms with van der Waals surface area (Å²) in [6.45, 7) is 1.18. The van der Waals surface area contributed by atoms with Crippen LogP contribution in [0.2, 0.25) is 0 Å². The molecule has 3 N–H and O–H groups in total. The van der Waals surface area contributed by atoms with Crippen LogP contribution >= 0.6 is 0 Å². The molecule has 2 unspecified atom stereocenters. The standard InChI is InChI=1S/C14H20N4O3/c15-12-5-4-11(18(20)21)13(16-12)17-8-7-14(19)6-2-1-3-10(14)9-17/h4-5,10,19H,1-3,6-9H2,(H2,15,16). The van der Waals surface area contributed by atoms with Crippen molar-refractivity contribution >= 4 is 17.3 Å². The van der Waals surface area contributed by atoms with Gasteiger partial charge >= 0.3 is 5.69 Å². The van der Waals surface area contributed by atoms with Gasteiger partial charge < -0.3 is 15.7 Å². The molecule has 0 amide bonds. The van der Waals surface area contributed by atoms with E-state index in [1.807, 2.05) is 4.90 Å². The Morgan fingerprint density at radius 1 is 1.43 bits per heavy atom. The summed E-state index contributed by atoms with van der Waals surface area (Å²) in [6.07, 6.45) is 4.59. The molecule has 3 rings (SSSR count). The van der Waals surface area contributed by atoms with E-state index in [0.29, 0.717) is 25.3 Å². The molecule has 1 aliphatic heterocycles. The van der Waals surface area contributed by atoms with Gasteiger partial charge in [-0.05, 0) is 25.3 Å². The highest BCUT2D eigenvalue weighted by atomic mass is 16.6. The topological polar surface area (TPSA) is 106 Å². The van der Waals surface area contributed by atoms with Gasteiger partial charge in [-0.25, -0.2) is 4.98 Å². The van der Waals surface area contributed by atoms with E-state index >= 15 is 0 Å². The molecule has 1 aromatic rings. The maximum Gasteiger partial charge on any atom is 0.311 e. The summed E-state index contributed by atoms with van der Waals surface area (Å²) in [6, 6.07) is 2.85. The average molecular weight is 292 g/mol. The molecule has 114 valence electrons. The number of nitrogens with zero attached hydrogens (tertiary/aromatic N) is 3. The summed E-state index contributed by atoms with van der Waals surface area (Å²) in [7, 11) is 0. The first-order chi connectivity index (χ1) is 9.99. The quantitative estimate of drug-likeness (QED) is 0.635. The third-order valence-corrected chi connectivity index (χ3v) is 4.80. The van der Waals surface area contributed by atoms with E-state index in [2.05, 4.69) is 4.98 Å². The predicted molar refractivity (Wildman–Crippen MR) is 79.0 cm³/mol. The maximum absolute atomic E-state index is 11.2. The molecule has 1 saturated carbocycles. The fourth-order valence-electron chi connectivity index (χ4n) is 3.59. The van der Waals surface area contributed by atoms with Crippen LogP contribution in [0, 0.1) is 16.0 Å². The molecule has 21 heavy (non-hydrogen) atoms. The van der Waals surface area contributed by atoms with Gasteiger partial charge in [0.2, 0.25) is 5.82 Å². The lowest BCUT2D eigenvalue weighted by molar-refractivity contribution is -0.384. The van der Waals surface area contributed by atoms with Crippen molar-refractivity contribution in [3.8, 4) is 0 Å².